The molecule has 0 spiro atoms. The maximum absolute atomic E-state index is 12.4. The van der Waals surface area contributed by atoms with Crippen LogP contribution in [0.15, 0.2) is 41.3 Å². The Morgan fingerprint density at radius 3 is 3.00 bits per heavy atom. The quantitative estimate of drug-likeness (QED) is 0.848. The number of pyridine rings is 1. The predicted molar refractivity (Wildman–Crippen MR) is 72.9 cm³/mol. The molecule has 0 atom stereocenters. The lowest BCUT2D eigenvalue weighted by Crippen LogP contribution is -2.31. The average Bonchev–Trinajstić information content (AvgIpc) is 2.96. The normalized spacial score (nSPS) is 10.0. The maximum Gasteiger partial charge on any atom is 0.257 e. The van der Waals surface area contributed by atoms with E-state index < -0.39 is 0 Å². The van der Waals surface area contributed by atoms with Gasteiger partial charge in [-0.25, -0.2) is 0 Å². The summed E-state index contributed by atoms with van der Waals surface area (Å²) < 4.78 is 5.23. The molecule has 0 bridgehead atoms. The topological polar surface area (TPSA) is 70.1 Å². The number of halogens is 1. The minimum Gasteiger partial charge on any atom is -0.467 e. The lowest BCUT2D eigenvalue weighted by molar-refractivity contribution is 0.0735. The van der Waals surface area contributed by atoms with Crippen LogP contribution >= 0.6 is 11.6 Å². The molecule has 20 heavy (non-hydrogen) atoms. The molecule has 6 heteroatoms. The Morgan fingerprint density at radius 2 is 2.35 bits per heavy atom. The van der Waals surface area contributed by atoms with Crippen LogP contribution in [0, 0.1) is 11.3 Å². The first kappa shape index (κ1) is 14.1. The van der Waals surface area contributed by atoms with Crippen molar-refractivity contribution in [2.75, 3.05) is 6.54 Å². The van der Waals surface area contributed by atoms with Crippen LogP contribution in [0.1, 0.15) is 22.5 Å². The minimum absolute atomic E-state index is 0.240. The number of nitriles is 1. The lowest BCUT2D eigenvalue weighted by atomic mass is 10.2. The molecule has 0 saturated heterocycles. The van der Waals surface area contributed by atoms with E-state index in [4.69, 9.17) is 21.3 Å². The van der Waals surface area contributed by atoms with Crippen molar-refractivity contribution in [1.29, 1.82) is 5.26 Å². The van der Waals surface area contributed by atoms with Crippen molar-refractivity contribution < 1.29 is 9.21 Å². The van der Waals surface area contributed by atoms with Gasteiger partial charge in [0.05, 0.1) is 35.9 Å². The van der Waals surface area contributed by atoms with E-state index in [-0.39, 0.29) is 12.3 Å². The van der Waals surface area contributed by atoms with Crippen LogP contribution in [-0.4, -0.2) is 22.3 Å². The number of rotatable bonds is 5. The van der Waals surface area contributed by atoms with Gasteiger partial charge in [0.15, 0.2) is 0 Å². The van der Waals surface area contributed by atoms with Gasteiger partial charge in [0, 0.05) is 18.9 Å². The van der Waals surface area contributed by atoms with Crippen molar-refractivity contribution in [3.05, 3.63) is 53.2 Å². The number of hydrogen-bond donors (Lipinski definition) is 0. The van der Waals surface area contributed by atoms with E-state index in [0.29, 0.717) is 29.4 Å². The fourth-order valence-electron chi connectivity index (χ4n) is 1.73. The van der Waals surface area contributed by atoms with Crippen molar-refractivity contribution in [2.24, 2.45) is 0 Å². The van der Waals surface area contributed by atoms with Crippen LogP contribution in [0.4, 0.5) is 0 Å². The Kier molecular flexibility index (Phi) is 4.75. The largest absolute Gasteiger partial charge is 0.467 e. The van der Waals surface area contributed by atoms with Crippen LogP contribution in [0.3, 0.4) is 0 Å². The van der Waals surface area contributed by atoms with Gasteiger partial charge in [-0.2, -0.15) is 5.26 Å². The summed E-state index contributed by atoms with van der Waals surface area (Å²) >= 11 is 6.00. The van der Waals surface area contributed by atoms with Crippen LogP contribution in [0.2, 0.25) is 5.02 Å². The molecule has 0 radical (unpaired) electrons. The first-order valence-electron chi connectivity index (χ1n) is 6.00. The zero-order valence-electron chi connectivity index (χ0n) is 10.6. The molecule has 2 aromatic heterocycles. The SMILES string of the molecule is N#CCCN(Cc1ccco1)C(=O)c1cnccc1Cl. The zero-order chi connectivity index (χ0) is 14.4. The van der Waals surface area contributed by atoms with E-state index in [2.05, 4.69) is 4.98 Å². The first-order valence-corrected chi connectivity index (χ1v) is 6.38. The van der Waals surface area contributed by atoms with Crippen LogP contribution in [0.25, 0.3) is 0 Å². The van der Waals surface area contributed by atoms with Gasteiger partial charge in [0.2, 0.25) is 0 Å². The van der Waals surface area contributed by atoms with Crippen LogP contribution in [0.5, 0.6) is 0 Å². The zero-order valence-corrected chi connectivity index (χ0v) is 11.4. The molecular weight excluding hydrogens is 278 g/mol. The maximum atomic E-state index is 12.4. The Balaban J connectivity index is 2.20. The van der Waals surface area contributed by atoms with Gasteiger partial charge in [0.25, 0.3) is 5.91 Å². The summed E-state index contributed by atoms with van der Waals surface area (Å²) in [5.74, 6) is 0.381. The molecule has 2 aromatic rings. The summed E-state index contributed by atoms with van der Waals surface area (Å²) in [7, 11) is 0. The molecule has 0 aliphatic rings. The number of amides is 1. The van der Waals surface area contributed by atoms with Gasteiger partial charge < -0.3 is 9.32 Å². The van der Waals surface area contributed by atoms with E-state index in [0.717, 1.165) is 0 Å². The summed E-state index contributed by atoms with van der Waals surface area (Å²) in [6.45, 7) is 0.597. The van der Waals surface area contributed by atoms with E-state index in [1.54, 1.807) is 24.5 Å². The van der Waals surface area contributed by atoms with Crippen molar-refractivity contribution in [3.8, 4) is 6.07 Å². The summed E-state index contributed by atoms with van der Waals surface area (Å²) in [4.78, 5) is 17.9. The van der Waals surface area contributed by atoms with Gasteiger partial charge in [-0.3, -0.25) is 9.78 Å². The minimum atomic E-state index is -0.269. The fourth-order valence-corrected chi connectivity index (χ4v) is 1.92. The molecule has 0 fully saturated rings. The highest BCUT2D eigenvalue weighted by molar-refractivity contribution is 6.33. The molecule has 2 heterocycles. The summed E-state index contributed by atoms with van der Waals surface area (Å²) in [5, 5.41) is 9.04. The van der Waals surface area contributed by atoms with Gasteiger partial charge >= 0.3 is 0 Å². The van der Waals surface area contributed by atoms with E-state index in [9.17, 15) is 4.79 Å². The average molecular weight is 290 g/mol. The molecule has 0 aromatic carbocycles. The third kappa shape index (κ3) is 3.37. The summed E-state index contributed by atoms with van der Waals surface area (Å²) in [6.07, 6.45) is 4.72. The molecule has 0 unspecified atom stereocenters. The molecule has 1 amide bonds. The standard InChI is InChI=1S/C14H12ClN3O2/c15-13-4-6-17-9-12(13)14(19)18(7-2-5-16)10-11-3-1-8-20-11/h1,3-4,6,8-9H,2,7,10H2. The Hall–Kier alpha value is -2.32. The molecule has 5 nitrogen and oxygen atoms in total. The molecule has 2 rings (SSSR count). The predicted octanol–water partition coefficient (Wildman–Crippen LogP) is 2.88. The Bertz CT molecular complexity index is 620. The third-order valence-electron chi connectivity index (χ3n) is 2.71. The van der Waals surface area contributed by atoms with E-state index >= 15 is 0 Å². The monoisotopic (exact) mass is 289 g/mol. The van der Waals surface area contributed by atoms with E-state index in [1.165, 1.54) is 17.3 Å². The molecule has 0 saturated carbocycles. The highest BCUT2D eigenvalue weighted by Crippen LogP contribution is 2.17. The lowest BCUT2D eigenvalue weighted by Gasteiger charge is -2.20. The second-order valence-electron chi connectivity index (χ2n) is 4.07. The van der Waals surface area contributed by atoms with Crippen molar-refractivity contribution in [3.63, 3.8) is 0 Å². The van der Waals surface area contributed by atoms with Crippen LogP contribution in [-0.2, 0) is 6.54 Å². The highest BCUT2D eigenvalue weighted by atomic mass is 35.5. The number of carbonyl (C=O) groups is 1. The summed E-state index contributed by atoms with van der Waals surface area (Å²) in [6, 6.07) is 7.11. The van der Waals surface area contributed by atoms with Gasteiger partial charge in [-0.15, -0.1) is 0 Å². The van der Waals surface area contributed by atoms with Crippen molar-refractivity contribution >= 4 is 17.5 Å². The number of aromatic nitrogens is 1. The van der Waals surface area contributed by atoms with E-state index in [1.807, 2.05) is 6.07 Å². The first-order chi connectivity index (χ1) is 9.72. The second-order valence-corrected chi connectivity index (χ2v) is 4.48. The molecule has 0 N–H and O–H groups in total. The summed E-state index contributed by atoms with van der Waals surface area (Å²) in [5.41, 5.74) is 0.318. The Labute approximate surface area is 121 Å². The fraction of sp³-hybridized carbons (Fsp3) is 0.214. The smallest absolute Gasteiger partial charge is 0.257 e. The van der Waals surface area contributed by atoms with Crippen molar-refractivity contribution in [1.82, 2.24) is 9.88 Å². The highest BCUT2D eigenvalue weighted by Gasteiger charge is 2.19. The van der Waals surface area contributed by atoms with Gasteiger partial charge in [-0.1, -0.05) is 11.6 Å². The molecule has 102 valence electrons. The number of carbonyl (C=O) groups excluding carboxylic acids is 1. The number of nitrogens with zero attached hydrogens (tertiary/aromatic N) is 3. The molecular formula is C14H12ClN3O2. The Morgan fingerprint density at radius 1 is 1.50 bits per heavy atom. The van der Waals surface area contributed by atoms with Gasteiger partial charge in [0.1, 0.15) is 5.76 Å². The van der Waals surface area contributed by atoms with Crippen LogP contribution < -0.4 is 0 Å². The van der Waals surface area contributed by atoms with Crippen molar-refractivity contribution in [2.45, 2.75) is 13.0 Å². The molecule has 0 aliphatic carbocycles. The molecule has 0 aliphatic heterocycles. The second kappa shape index (κ2) is 6.73. The van der Waals surface area contributed by atoms with Gasteiger partial charge in [-0.05, 0) is 18.2 Å². The number of furan rings is 1. The number of hydrogen-bond acceptors (Lipinski definition) is 4. The third-order valence-corrected chi connectivity index (χ3v) is 3.04.